The van der Waals surface area contributed by atoms with Crippen molar-refractivity contribution >= 4 is 0 Å². The summed E-state index contributed by atoms with van der Waals surface area (Å²) in [5.41, 5.74) is 0.133. The van der Waals surface area contributed by atoms with Crippen LogP contribution in [0.2, 0.25) is 0 Å². The van der Waals surface area contributed by atoms with Crippen molar-refractivity contribution in [3.63, 3.8) is 0 Å². The second-order valence-corrected chi connectivity index (χ2v) is 7.02. The van der Waals surface area contributed by atoms with E-state index in [1.54, 1.807) is 0 Å². The third kappa shape index (κ3) is 3.01. The van der Waals surface area contributed by atoms with Gasteiger partial charge in [0.2, 0.25) is 5.89 Å². The summed E-state index contributed by atoms with van der Waals surface area (Å²) in [4.78, 5) is 4.87. The molecule has 1 N–H and O–H groups in total. The summed E-state index contributed by atoms with van der Waals surface area (Å²) in [6.07, 6.45) is 9.70. The van der Waals surface area contributed by atoms with Crippen molar-refractivity contribution in [2.75, 3.05) is 13.1 Å². The van der Waals surface area contributed by atoms with Crippen LogP contribution in [0.5, 0.6) is 0 Å². The Balaban J connectivity index is 1.76. The molecule has 0 aromatic carbocycles. The highest BCUT2D eigenvalue weighted by molar-refractivity contribution is 5.10. The van der Waals surface area contributed by atoms with Gasteiger partial charge in [-0.2, -0.15) is 4.98 Å². The fraction of sp³-hybridized carbons (Fsp3) is 0.882. The maximum Gasteiger partial charge on any atom is 0.232 e. The Morgan fingerprint density at radius 3 is 2.71 bits per heavy atom. The van der Waals surface area contributed by atoms with E-state index < -0.39 is 0 Å². The lowest BCUT2D eigenvalue weighted by atomic mass is 9.75. The minimum Gasteiger partial charge on any atom is -0.339 e. The summed E-state index contributed by atoms with van der Waals surface area (Å²) in [5.74, 6) is 3.30. The molecule has 2 unspecified atom stereocenters. The molecule has 1 saturated heterocycles. The van der Waals surface area contributed by atoms with Gasteiger partial charge in [-0.3, -0.25) is 0 Å². The molecule has 1 aliphatic heterocycles. The molecule has 4 heteroatoms. The van der Waals surface area contributed by atoms with Crippen molar-refractivity contribution in [3.05, 3.63) is 11.7 Å². The van der Waals surface area contributed by atoms with Crippen molar-refractivity contribution in [3.8, 4) is 0 Å². The zero-order chi connectivity index (χ0) is 14.7. The highest BCUT2D eigenvalue weighted by Crippen LogP contribution is 2.41. The first-order valence-electron chi connectivity index (χ1n) is 8.82. The SMILES string of the molecule is CCCC1(c2nc(C3CCC(CC)C3)no2)CCNCC1. The second kappa shape index (κ2) is 6.47. The monoisotopic (exact) mass is 291 g/mol. The summed E-state index contributed by atoms with van der Waals surface area (Å²) in [7, 11) is 0. The number of piperidine rings is 1. The normalized spacial score (nSPS) is 28.9. The smallest absolute Gasteiger partial charge is 0.232 e. The molecule has 118 valence electrons. The minimum absolute atomic E-state index is 0.133. The van der Waals surface area contributed by atoms with Crippen molar-refractivity contribution in [1.82, 2.24) is 15.5 Å². The third-order valence-electron chi connectivity index (χ3n) is 5.67. The Bertz CT molecular complexity index is 445. The molecular weight excluding hydrogens is 262 g/mol. The lowest BCUT2D eigenvalue weighted by Crippen LogP contribution is -2.40. The predicted molar refractivity (Wildman–Crippen MR) is 83.4 cm³/mol. The topological polar surface area (TPSA) is 51.0 Å². The first-order valence-corrected chi connectivity index (χ1v) is 8.82. The largest absolute Gasteiger partial charge is 0.339 e. The zero-order valence-electron chi connectivity index (χ0n) is 13.5. The van der Waals surface area contributed by atoms with Crippen LogP contribution in [-0.2, 0) is 5.41 Å². The molecular formula is C17H29N3O. The van der Waals surface area contributed by atoms with Crippen LogP contribution < -0.4 is 5.32 Å². The van der Waals surface area contributed by atoms with E-state index in [0.29, 0.717) is 5.92 Å². The van der Waals surface area contributed by atoms with Crippen LogP contribution in [0.1, 0.15) is 82.8 Å². The maximum atomic E-state index is 5.75. The molecule has 21 heavy (non-hydrogen) atoms. The Morgan fingerprint density at radius 1 is 1.24 bits per heavy atom. The Morgan fingerprint density at radius 2 is 2.05 bits per heavy atom. The van der Waals surface area contributed by atoms with Gasteiger partial charge in [-0.25, -0.2) is 0 Å². The van der Waals surface area contributed by atoms with Gasteiger partial charge in [0.1, 0.15) is 0 Å². The van der Waals surface area contributed by atoms with Crippen molar-refractivity contribution in [1.29, 1.82) is 0 Å². The molecule has 0 spiro atoms. The molecule has 1 aliphatic carbocycles. The highest BCUT2D eigenvalue weighted by atomic mass is 16.5. The number of rotatable bonds is 5. The van der Waals surface area contributed by atoms with Gasteiger partial charge in [0.15, 0.2) is 5.82 Å². The van der Waals surface area contributed by atoms with Crippen molar-refractivity contribution in [2.24, 2.45) is 5.92 Å². The van der Waals surface area contributed by atoms with E-state index >= 15 is 0 Å². The number of nitrogens with zero attached hydrogens (tertiary/aromatic N) is 2. The van der Waals surface area contributed by atoms with Gasteiger partial charge in [0, 0.05) is 5.92 Å². The van der Waals surface area contributed by atoms with Crippen LogP contribution in [0, 0.1) is 5.92 Å². The molecule has 0 bridgehead atoms. The van der Waals surface area contributed by atoms with Crippen molar-refractivity contribution < 1.29 is 4.52 Å². The van der Waals surface area contributed by atoms with Crippen LogP contribution in [-0.4, -0.2) is 23.2 Å². The van der Waals surface area contributed by atoms with E-state index in [-0.39, 0.29) is 5.41 Å². The molecule has 0 amide bonds. The van der Waals surface area contributed by atoms with Crippen LogP contribution in [0.15, 0.2) is 4.52 Å². The maximum absolute atomic E-state index is 5.75. The fourth-order valence-corrected chi connectivity index (χ4v) is 4.25. The van der Waals surface area contributed by atoms with E-state index in [1.807, 2.05) is 0 Å². The van der Waals surface area contributed by atoms with E-state index in [9.17, 15) is 0 Å². The average Bonchev–Trinajstić information content (AvgIpc) is 3.17. The highest BCUT2D eigenvalue weighted by Gasteiger charge is 2.39. The molecule has 3 rings (SSSR count). The van der Waals surface area contributed by atoms with Gasteiger partial charge in [-0.05, 0) is 57.5 Å². The minimum atomic E-state index is 0.133. The molecule has 2 atom stereocenters. The molecule has 1 aromatic rings. The number of hydrogen-bond donors (Lipinski definition) is 1. The quantitative estimate of drug-likeness (QED) is 0.897. The number of nitrogens with one attached hydrogen (secondary N) is 1. The summed E-state index contributed by atoms with van der Waals surface area (Å²) >= 11 is 0. The first-order chi connectivity index (χ1) is 10.3. The van der Waals surface area contributed by atoms with Gasteiger partial charge in [0.05, 0.1) is 5.41 Å². The molecule has 1 aromatic heterocycles. The van der Waals surface area contributed by atoms with Gasteiger partial charge in [-0.1, -0.05) is 31.8 Å². The predicted octanol–water partition coefficient (Wildman–Crippen LogP) is 3.78. The van der Waals surface area contributed by atoms with Crippen LogP contribution in [0.4, 0.5) is 0 Å². The van der Waals surface area contributed by atoms with E-state index in [2.05, 4.69) is 24.3 Å². The number of aromatic nitrogens is 2. The van der Waals surface area contributed by atoms with Crippen LogP contribution >= 0.6 is 0 Å². The van der Waals surface area contributed by atoms with Gasteiger partial charge in [0.25, 0.3) is 0 Å². The van der Waals surface area contributed by atoms with Gasteiger partial charge in [-0.15, -0.1) is 0 Å². The van der Waals surface area contributed by atoms with Gasteiger partial charge >= 0.3 is 0 Å². The summed E-state index contributed by atoms with van der Waals surface area (Å²) in [6, 6.07) is 0. The van der Waals surface area contributed by atoms with Crippen LogP contribution in [0.25, 0.3) is 0 Å². The molecule has 2 aliphatic rings. The molecule has 2 fully saturated rings. The summed E-state index contributed by atoms with van der Waals surface area (Å²) in [5, 5.41) is 7.82. The van der Waals surface area contributed by atoms with Gasteiger partial charge < -0.3 is 9.84 Å². The standard InChI is InChI=1S/C17H29N3O/c1-3-7-17(8-10-18-11-9-17)16-19-15(20-21-16)14-6-5-13(4-2)12-14/h13-14,18H,3-12H2,1-2H3. The first kappa shape index (κ1) is 15.0. The lowest BCUT2D eigenvalue weighted by molar-refractivity contribution is 0.208. The summed E-state index contributed by atoms with van der Waals surface area (Å²) in [6.45, 7) is 6.68. The lowest BCUT2D eigenvalue weighted by Gasteiger charge is -2.34. The fourth-order valence-electron chi connectivity index (χ4n) is 4.25. The third-order valence-corrected chi connectivity index (χ3v) is 5.67. The van der Waals surface area contributed by atoms with E-state index in [1.165, 1.54) is 38.5 Å². The molecule has 0 radical (unpaired) electrons. The molecule has 1 saturated carbocycles. The number of hydrogen-bond acceptors (Lipinski definition) is 4. The molecule has 2 heterocycles. The Labute approximate surface area is 128 Å². The van der Waals surface area contributed by atoms with Crippen LogP contribution in [0.3, 0.4) is 0 Å². The van der Waals surface area contributed by atoms with Crippen molar-refractivity contribution in [2.45, 2.75) is 76.5 Å². The molecule has 4 nitrogen and oxygen atoms in total. The Hall–Kier alpha value is -0.900. The zero-order valence-corrected chi connectivity index (χ0v) is 13.5. The Kier molecular flexibility index (Phi) is 4.63. The van der Waals surface area contributed by atoms with E-state index in [0.717, 1.165) is 43.6 Å². The van der Waals surface area contributed by atoms with E-state index in [4.69, 9.17) is 9.51 Å². The average molecular weight is 291 g/mol. The summed E-state index contributed by atoms with van der Waals surface area (Å²) < 4.78 is 5.75. The second-order valence-electron chi connectivity index (χ2n) is 7.02.